The molecular weight excluding hydrogens is 398 g/mol. The smallest absolute Gasteiger partial charge is 0.229 e. The van der Waals surface area contributed by atoms with E-state index in [1.54, 1.807) is 10.7 Å². The molecule has 4 aromatic rings. The highest BCUT2D eigenvalue weighted by molar-refractivity contribution is 7.15. The number of amides is 1. The van der Waals surface area contributed by atoms with Crippen LogP contribution >= 0.6 is 11.3 Å². The van der Waals surface area contributed by atoms with Crippen molar-refractivity contribution in [1.82, 2.24) is 24.8 Å². The minimum absolute atomic E-state index is 0.0102. The standard InChI is InChI=1S/C21H21N7OS/c1-14-13-22-21(30-14)23-20(29)16-9-11-27(12-10-16)18-8-7-17-24-25-19(28(17)26-18)15-5-3-2-4-6-15/h2-8,13,16H,9-12H2,1H3,(H,22,23,29). The number of hydrogen-bond donors (Lipinski definition) is 1. The van der Waals surface area contributed by atoms with Crippen molar-refractivity contribution < 1.29 is 4.79 Å². The summed E-state index contributed by atoms with van der Waals surface area (Å²) in [4.78, 5) is 20.1. The van der Waals surface area contributed by atoms with E-state index in [4.69, 9.17) is 5.10 Å². The maximum absolute atomic E-state index is 12.6. The molecule has 1 amide bonds. The first kappa shape index (κ1) is 18.7. The van der Waals surface area contributed by atoms with Gasteiger partial charge in [0, 0.05) is 35.6 Å². The van der Waals surface area contributed by atoms with Gasteiger partial charge in [-0.1, -0.05) is 30.3 Å². The lowest BCUT2D eigenvalue weighted by molar-refractivity contribution is -0.120. The molecule has 0 bridgehead atoms. The van der Waals surface area contributed by atoms with Gasteiger partial charge in [0.2, 0.25) is 5.91 Å². The zero-order chi connectivity index (χ0) is 20.5. The van der Waals surface area contributed by atoms with Crippen LogP contribution in [0, 0.1) is 12.8 Å². The summed E-state index contributed by atoms with van der Waals surface area (Å²) in [7, 11) is 0. The number of hydrogen-bond acceptors (Lipinski definition) is 7. The first-order valence-electron chi connectivity index (χ1n) is 9.93. The van der Waals surface area contributed by atoms with Crippen LogP contribution in [0.2, 0.25) is 0 Å². The van der Waals surface area contributed by atoms with Gasteiger partial charge in [0.1, 0.15) is 5.82 Å². The fourth-order valence-corrected chi connectivity index (χ4v) is 4.37. The van der Waals surface area contributed by atoms with Gasteiger partial charge in [-0.3, -0.25) is 4.79 Å². The number of benzene rings is 1. The zero-order valence-electron chi connectivity index (χ0n) is 16.5. The molecule has 1 fully saturated rings. The Morgan fingerprint density at radius 1 is 1.10 bits per heavy atom. The summed E-state index contributed by atoms with van der Waals surface area (Å²) in [5, 5.41) is 16.9. The number of thiazole rings is 1. The van der Waals surface area contributed by atoms with Crippen LogP contribution in [0.3, 0.4) is 0 Å². The van der Waals surface area contributed by atoms with Gasteiger partial charge in [0.25, 0.3) is 0 Å². The molecule has 1 aromatic carbocycles. The van der Waals surface area contributed by atoms with Crippen LogP contribution in [0.4, 0.5) is 10.9 Å². The molecule has 3 aromatic heterocycles. The molecule has 0 aliphatic carbocycles. The average Bonchev–Trinajstić information content (AvgIpc) is 3.39. The number of aromatic nitrogens is 5. The van der Waals surface area contributed by atoms with Gasteiger partial charge in [-0.15, -0.1) is 26.6 Å². The zero-order valence-corrected chi connectivity index (χ0v) is 17.3. The van der Waals surface area contributed by atoms with Crippen molar-refractivity contribution in [3.05, 3.63) is 53.5 Å². The molecule has 8 nitrogen and oxygen atoms in total. The van der Waals surface area contributed by atoms with Crippen molar-refractivity contribution in [2.45, 2.75) is 19.8 Å². The number of piperidine rings is 1. The Morgan fingerprint density at radius 3 is 2.63 bits per heavy atom. The lowest BCUT2D eigenvalue weighted by Gasteiger charge is -2.31. The highest BCUT2D eigenvalue weighted by Crippen LogP contribution is 2.25. The average molecular weight is 420 g/mol. The molecule has 5 rings (SSSR count). The van der Waals surface area contributed by atoms with Gasteiger partial charge >= 0.3 is 0 Å². The van der Waals surface area contributed by atoms with Crippen LogP contribution in [0.15, 0.2) is 48.7 Å². The summed E-state index contributed by atoms with van der Waals surface area (Å²) in [5.74, 6) is 1.64. The quantitative estimate of drug-likeness (QED) is 0.545. The van der Waals surface area contributed by atoms with E-state index in [1.807, 2.05) is 49.4 Å². The molecule has 0 unspecified atom stereocenters. The second kappa shape index (κ2) is 7.83. The summed E-state index contributed by atoms with van der Waals surface area (Å²) in [6.45, 7) is 3.53. The van der Waals surface area contributed by atoms with E-state index in [0.717, 1.165) is 48.0 Å². The number of nitrogens with one attached hydrogen (secondary N) is 1. The molecular formula is C21H21N7OS. The van der Waals surface area contributed by atoms with Gasteiger partial charge in [-0.05, 0) is 31.9 Å². The normalized spacial score (nSPS) is 14.9. The van der Waals surface area contributed by atoms with Crippen LogP contribution in [-0.4, -0.2) is 43.8 Å². The summed E-state index contributed by atoms with van der Waals surface area (Å²) < 4.78 is 1.79. The third-order valence-electron chi connectivity index (χ3n) is 5.32. The fourth-order valence-electron chi connectivity index (χ4n) is 3.71. The monoisotopic (exact) mass is 419 g/mol. The molecule has 30 heavy (non-hydrogen) atoms. The molecule has 4 heterocycles. The van der Waals surface area contributed by atoms with Gasteiger partial charge in [-0.2, -0.15) is 4.52 Å². The Morgan fingerprint density at radius 2 is 1.90 bits per heavy atom. The second-order valence-electron chi connectivity index (χ2n) is 7.38. The van der Waals surface area contributed by atoms with E-state index < -0.39 is 0 Å². The van der Waals surface area contributed by atoms with E-state index in [0.29, 0.717) is 10.8 Å². The molecule has 9 heteroatoms. The Kier molecular flexibility index (Phi) is 4.88. The summed E-state index contributed by atoms with van der Waals surface area (Å²) in [6.07, 6.45) is 3.34. The maximum atomic E-state index is 12.6. The van der Waals surface area contributed by atoms with Gasteiger partial charge in [0.05, 0.1) is 0 Å². The Hall–Kier alpha value is -3.33. The molecule has 1 N–H and O–H groups in total. The Labute approximate surface area is 177 Å². The third-order valence-corrected chi connectivity index (χ3v) is 6.15. The number of carbonyl (C=O) groups excluding carboxylic acids is 1. The summed E-state index contributed by atoms with van der Waals surface area (Å²) in [5.41, 5.74) is 1.69. The molecule has 0 saturated carbocycles. The molecule has 0 spiro atoms. The first-order chi connectivity index (χ1) is 14.7. The van der Waals surface area contributed by atoms with Crippen LogP contribution in [0.1, 0.15) is 17.7 Å². The van der Waals surface area contributed by atoms with Crippen molar-refractivity contribution in [1.29, 1.82) is 0 Å². The van der Waals surface area contributed by atoms with Crippen LogP contribution in [0.25, 0.3) is 17.0 Å². The molecule has 1 aliphatic rings. The van der Waals surface area contributed by atoms with E-state index >= 15 is 0 Å². The number of rotatable bonds is 4. The minimum Gasteiger partial charge on any atom is -0.355 e. The summed E-state index contributed by atoms with van der Waals surface area (Å²) in [6, 6.07) is 13.8. The van der Waals surface area contributed by atoms with Crippen molar-refractivity contribution in [2.24, 2.45) is 5.92 Å². The number of aryl methyl sites for hydroxylation is 1. The minimum atomic E-state index is -0.0102. The number of anilines is 2. The molecule has 1 aliphatic heterocycles. The Bertz CT molecular complexity index is 1180. The van der Waals surface area contributed by atoms with Crippen molar-refractivity contribution in [3.8, 4) is 11.4 Å². The van der Waals surface area contributed by atoms with Crippen LogP contribution < -0.4 is 10.2 Å². The molecule has 152 valence electrons. The highest BCUT2D eigenvalue weighted by Gasteiger charge is 2.26. The first-order valence-corrected chi connectivity index (χ1v) is 10.7. The largest absolute Gasteiger partial charge is 0.355 e. The second-order valence-corrected chi connectivity index (χ2v) is 8.61. The molecule has 1 saturated heterocycles. The SMILES string of the molecule is Cc1cnc(NC(=O)C2CCN(c3ccc4nnc(-c5ccccc5)n4n3)CC2)s1. The van der Waals surface area contributed by atoms with Crippen molar-refractivity contribution in [2.75, 3.05) is 23.3 Å². The number of carbonyl (C=O) groups is 1. The predicted octanol–water partition coefficient (Wildman–Crippen LogP) is 3.41. The van der Waals surface area contributed by atoms with Crippen LogP contribution in [-0.2, 0) is 4.79 Å². The molecule has 0 radical (unpaired) electrons. The molecule has 0 atom stereocenters. The summed E-state index contributed by atoms with van der Waals surface area (Å²) >= 11 is 1.50. The number of fused-ring (bicyclic) bond motifs is 1. The predicted molar refractivity (Wildman–Crippen MR) is 117 cm³/mol. The van der Waals surface area contributed by atoms with Crippen molar-refractivity contribution >= 4 is 33.8 Å². The Balaban J connectivity index is 1.29. The third kappa shape index (κ3) is 3.63. The van der Waals surface area contributed by atoms with Gasteiger partial charge in [0.15, 0.2) is 16.6 Å². The van der Waals surface area contributed by atoms with E-state index in [2.05, 4.69) is 25.4 Å². The van der Waals surface area contributed by atoms with Gasteiger partial charge in [-0.25, -0.2) is 4.98 Å². The maximum Gasteiger partial charge on any atom is 0.229 e. The van der Waals surface area contributed by atoms with Crippen molar-refractivity contribution in [3.63, 3.8) is 0 Å². The highest BCUT2D eigenvalue weighted by atomic mass is 32.1. The van der Waals surface area contributed by atoms with E-state index in [1.165, 1.54) is 11.3 Å². The lowest BCUT2D eigenvalue weighted by atomic mass is 9.96. The lowest BCUT2D eigenvalue weighted by Crippen LogP contribution is -2.38. The number of nitrogens with zero attached hydrogens (tertiary/aromatic N) is 6. The van der Waals surface area contributed by atoms with Gasteiger partial charge < -0.3 is 10.2 Å². The fraction of sp³-hybridized carbons (Fsp3) is 0.286. The van der Waals surface area contributed by atoms with E-state index in [-0.39, 0.29) is 11.8 Å². The van der Waals surface area contributed by atoms with E-state index in [9.17, 15) is 4.79 Å². The topological polar surface area (TPSA) is 88.3 Å². The van der Waals surface area contributed by atoms with Crippen LogP contribution in [0.5, 0.6) is 0 Å².